The van der Waals surface area contributed by atoms with Crippen LogP contribution >= 0.6 is 0 Å². The highest BCUT2D eigenvalue weighted by Gasteiger charge is 2.23. The van der Waals surface area contributed by atoms with Gasteiger partial charge in [0.1, 0.15) is 0 Å². The van der Waals surface area contributed by atoms with Crippen LogP contribution in [-0.2, 0) is 14.3 Å². The molecular weight excluding hydrogens is 210 g/mol. The number of carbonyl (C=O) groups is 2. The molecular formula is C11H19NO4. The maximum Gasteiger partial charge on any atom is 0.334 e. The number of carboxylic acids is 1. The van der Waals surface area contributed by atoms with Crippen molar-refractivity contribution in [3.63, 3.8) is 0 Å². The van der Waals surface area contributed by atoms with Gasteiger partial charge in [0.25, 0.3) is 0 Å². The first-order valence-corrected chi connectivity index (χ1v) is 5.14. The molecule has 0 aliphatic carbocycles. The largest absolute Gasteiger partial charge is 0.478 e. The maximum atomic E-state index is 11.5. The van der Waals surface area contributed by atoms with Gasteiger partial charge in [-0.05, 0) is 25.9 Å². The van der Waals surface area contributed by atoms with Gasteiger partial charge in [-0.1, -0.05) is 13.8 Å². The van der Waals surface area contributed by atoms with E-state index in [-0.39, 0.29) is 17.1 Å². The molecule has 0 saturated carbocycles. The molecule has 0 rings (SSSR count). The second-order valence-electron chi connectivity index (χ2n) is 3.70. The number of aliphatic carboxylic acids is 1. The minimum atomic E-state index is -1.07. The Morgan fingerprint density at radius 3 is 2.25 bits per heavy atom. The molecule has 0 fully saturated rings. The summed E-state index contributed by atoms with van der Waals surface area (Å²) in [7, 11) is 2.98. The predicted octanol–water partition coefficient (Wildman–Crippen LogP) is 0.806. The van der Waals surface area contributed by atoms with Crippen molar-refractivity contribution in [1.82, 2.24) is 5.32 Å². The molecule has 0 spiro atoms. The molecule has 0 aromatic rings. The summed E-state index contributed by atoms with van der Waals surface area (Å²) in [4.78, 5) is 22.6. The minimum absolute atomic E-state index is 0.121. The fourth-order valence-corrected chi connectivity index (χ4v) is 1.42. The van der Waals surface area contributed by atoms with Crippen molar-refractivity contribution in [1.29, 1.82) is 0 Å². The van der Waals surface area contributed by atoms with Crippen LogP contribution < -0.4 is 5.32 Å². The maximum absolute atomic E-state index is 11.5. The van der Waals surface area contributed by atoms with Gasteiger partial charge in [0, 0.05) is 5.57 Å². The lowest BCUT2D eigenvalue weighted by Crippen LogP contribution is -2.20. The fourth-order valence-electron chi connectivity index (χ4n) is 1.42. The quantitative estimate of drug-likeness (QED) is 0.520. The summed E-state index contributed by atoms with van der Waals surface area (Å²) in [5, 5.41) is 11.9. The van der Waals surface area contributed by atoms with Gasteiger partial charge in [0.15, 0.2) is 0 Å². The predicted molar refractivity (Wildman–Crippen MR) is 60.1 cm³/mol. The van der Waals surface area contributed by atoms with E-state index in [1.165, 1.54) is 7.11 Å². The van der Waals surface area contributed by atoms with E-state index in [1.807, 2.05) is 0 Å². The van der Waals surface area contributed by atoms with Crippen molar-refractivity contribution in [2.24, 2.45) is 5.92 Å². The Balaban J connectivity index is 5.26. The summed E-state index contributed by atoms with van der Waals surface area (Å²) in [6.07, 6.45) is 0.300. The van der Waals surface area contributed by atoms with Crippen molar-refractivity contribution < 1.29 is 19.4 Å². The number of methoxy groups -OCH3 is 1. The summed E-state index contributed by atoms with van der Waals surface area (Å²) in [5.41, 5.74) is 0.362. The Morgan fingerprint density at radius 1 is 1.38 bits per heavy atom. The molecule has 0 saturated heterocycles. The molecule has 5 heteroatoms. The number of hydrogen-bond donors (Lipinski definition) is 2. The number of hydrogen-bond acceptors (Lipinski definition) is 4. The summed E-state index contributed by atoms with van der Waals surface area (Å²) < 4.78 is 4.60. The van der Waals surface area contributed by atoms with Crippen LogP contribution in [0.4, 0.5) is 0 Å². The topological polar surface area (TPSA) is 75.6 Å². The first-order valence-electron chi connectivity index (χ1n) is 5.14. The van der Waals surface area contributed by atoms with Crippen molar-refractivity contribution in [2.75, 3.05) is 20.7 Å². The zero-order chi connectivity index (χ0) is 12.7. The van der Waals surface area contributed by atoms with E-state index in [0.29, 0.717) is 13.0 Å². The van der Waals surface area contributed by atoms with Gasteiger partial charge in [0.05, 0.1) is 12.7 Å². The lowest BCUT2D eigenvalue weighted by Gasteiger charge is -2.13. The van der Waals surface area contributed by atoms with Crippen molar-refractivity contribution >= 4 is 11.9 Å². The average molecular weight is 229 g/mol. The monoisotopic (exact) mass is 229 g/mol. The van der Waals surface area contributed by atoms with Gasteiger partial charge in [-0.3, -0.25) is 0 Å². The second-order valence-corrected chi connectivity index (χ2v) is 3.70. The van der Waals surface area contributed by atoms with Crippen molar-refractivity contribution in [2.45, 2.75) is 20.3 Å². The first-order chi connectivity index (χ1) is 7.45. The molecule has 16 heavy (non-hydrogen) atoms. The number of rotatable bonds is 6. The van der Waals surface area contributed by atoms with Crippen LogP contribution in [0.25, 0.3) is 0 Å². The third kappa shape index (κ3) is 4.02. The molecule has 0 aromatic heterocycles. The van der Waals surface area contributed by atoms with E-state index in [2.05, 4.69) is 10.1 Å². The third-order valence-corrected chi connectivity index (χ3v) is 2.19. The molecule has 0 atom stereocenters. The number of esters is 1. The highest BCUT2D eigenvalue weighted by atomic mass is 16.5. The highest BCUT2D eigenvalue weighted by molar-refractivity contribution is 5.99. The zero-order valence-electron chi connectivity index (χ0n) is 10.2. The molecule has 0 amide bonds. The average Bonchev–Trinajstić information content (AvgIpc) is 2.22. The van der Waals surface area contributed by atoms with E-state index >= 15 is 0 Å². The van der Waals surface area contributed by atoms with Crippen LogP contribution in [0.3, 0.4) is 0 Å². The molecule has 0 aromatic carbocycles. The molecule has 0 radical (unpaired) electrons. The Morgan fingerprint density at radius 2 is 1.94 bits per heavy atom. The number of carbonyl (C=O) groups excluding carboxylic acids is 1. The fraction of sp³-hybridized carbons (Fsp3) is 0.636. The molecule has 0 aliphatic heterocycles. The van der Waals surface area contributed by atoms with E-state index in [0.717, 1.165) is 0 Å². The van der Waals surface area contributed by atoms with Crippen LogP contribution in [0.5, 0.6) is 0 Å². The van der Waals surface area contributed by atoms with Crippen LogP contribution in [-0.4, -0.2) is 37.7 Å². The van der Waals surface area contributed by atoms with Gasteiger partial charge in [0.2, 0.25) is 0 Å². The van der Waals surface area contributed by atoms with Crippen LogP contribution in [0, 0.1) is 5.92 Å². The molecule has 0 unspecified atom stereocenters. The highest BCUT2D eigenvalue weighted by Crippen LogP contribution is 2.19. The third-order valence-electron chi connectivity index (χ3n) is 2.19. The normalized spacial score (nSPS) is 12.3. The zero-order valence-corrected chi connectivity index (χ0v) is 10.2. The SMILES string of the molecule is CNCCC(C(=O)O)=C(C(=O)OC)C(C)C. The van der Waals surface area contributed by atoms with Gasteiger partial charge < -0.3 is 15.2 Å². The van der Waals surface area contributed by atoms with E-state index in [1.54, 1.807) is 20.9 Å². The molecule has 0 heterocycles. The smallest absolute Gasteiger partial charge is 0.334 e. The van der Waals surface area contributed by atoms with E-state index in [9.17, 15) is 9.59 Å². The number of ether oxygens (including phenoxy) is 1. The lowest BCUT2D eigenvalue weighted by molar-refractivity contribution is -0.138. The van der Waals surface area contributed by atoms with Crippen molar-refractivity contribution in [3.05, 3.63) is 11.1 Å². The molecule has 5 nitrogen and oxygen atoms in total. The van der Waals surface area contributed by atoms with Gasteiger partial charge >= 0.3 is 11.9 Å². The van der Waals surface area contributed by atoms with Crippen LogP contribution in [0.2, 0.25) is 0 Å². The lowest BCUT2D eigenvalue weighted by atomic mass is 9.95. The van der Waals surface area contributed by atoms with Crippen LogP contribution in [0.15, 0.2) is 11.1 Å². The Labute approximate surface area is 95.5 Å². The van der Waals surface area contributed by atoms with Gasteiger partial charge in [-0.25, -0.2) is 9.59 Å². The Hall–Kier alpha value is -1.36. The molecule has 92 valence electrons. The van der Waals surface area contributed by atoms with E-state index < -0.39 is 11.9 Å². The summed E-state index contributed by atoms with van der Waals surface area (Å²) in [5.74, 6) is -1.80. The Kier molecular flexibility index (Phi) is 6.41. The number of nitrogens with one attached hydrogen (secondary N) is 1. The van der Waals surface area contributed by atoms with Gasteiger partial charge in [-0.15, -0.1) is 0 Å². The standard InChI is InChI=1S/C11H19NO4/c1-7(2)9(11(15)16-4)8(10(13)14)5-6-12-3/h7,12H,5-6H2,1-4H3,(H,13,14). The van der Waals surface area contributed by atoms with Gasteiger partial charge in [-0.2, -0.15) is 0 Å². The molecule has 0 bridgehead atoms. The first kappa shape index (κ1) is 14.6. The molecule has 2 N–H and O–H groups in total. The number of carboxylic acid groups (broad SMARTS) is 1. The van der Waals surface area contributed by atoms with E-state index in [4.69, 9.17) is 5.11 Å². The van der Waals surface area contributed by atoms with Crippen molar-refractivity contribution in [3.8, 4) is 0 Å². The van der Waals surface area contributed by atoms with Crippen LogP contribution in [0.1, 0.15) is 20.3 Å². The Bertz CT molecular complexity index is 294. The second kappa shape index (κ2) is 7.00. The minimum Gasteiger partial charge on any atom is -0.478 e. The molecule has 0 aliphatic rings. The summed E-state index contributed by atoms with van der Waals surface area (Å²) in [6, 6.07) is 0. The summed E-state index contributed by atoms with van der Waals surface area (Å²) in [6.45, 7) is 4.05. The summed E-state index contributed by atoms with van der Waals surface area (Å²) >= 11 is 0.